The van der Waals surface area contributed by atoms with Crippen LogP contribution in [0.15, 0.2) is 48.5 Å². The zero-order chi connectivity index (χ0) is 18.6. The Bertz CT molecular complexity index is 775. The third-order valence-electron chi connectivity index (χ3n) is 4.96. The average molecular weight is 373 g/mol. The normalized spacial score (nSPS) is 15.5. The van der Waals surface area contributed by atoms with Crippen molar-refractivity contribution < 1.29 is 19.1 Å². The monoisotopic (exact) mass is 372 g/mol. The molecule has 0 atom stereocenters. The molecule has 0 heterocycles. The molecule has 0 bridgehead atoms. The summed E-state index contributed by atoms with van der Waals surface area (Å²) in [5.41, 5.74) is 0.886. The highest BCUT2D eigenvalue weighted by atomic mass is 35.5. The molecule has 2 aromatic carbocycles. The summed E-state index contributed by atoms with van der Waals surface area (Å²) in [5.74, 6) is -0.290. The van der Waals surface area contributed by atoms with E-state index in [0.717, 1.165) is 24.0 Å². The molecule has 1 saturated carbocycles. The minimum atomic E-state index is -0.750. The first-order valence-corrected chi connectivity index (χ1v) is 9.05. The maximum Gasteiger partial charge on any atom is 0.324 e. The summed E-state index contributed by atoms with van der Waals surface area (Å²) in [7, 11) is 1.58. The fraction of sp³-hybridized carbons (Fsp3) is 0.333. The van der Waals surface area contributed by atoms with E-state index in [1.807, 2.05) is 12.1 Å². The molecule has 136 valence electrons. The number of carbonyl (C=O) groups excluding carboxylic acids is 2. The van der Waals surface area contributed by atoms with E-state index in [0.29, 0.717) is 23.6 Å². The van der Waals surface area contributed by atoms with Gasteiger partial charge in [-0.2, -0.15) is 0 Å². The van der Waals surface area contributed by atoms with Crippen molar-refractivity contribution >= 4 is 23.5 Å². The topological polar surface area (TPSA) is 52.6 Å². The standard InChI is InChI=1S/C21H21ClO4/c1-25-18-10-4-15(5-11-18)14-19(23)26-20(24)21(12-2-3-13-21)16-6-8-17(22)9-7-16/h4-11H,2-3,12-14H2,1H3. The Kier molecular flexibility index (Phi) is 5.62. The van der Waals surface area contributed by atoms with Gasteiger partial charge in [0.2, 0.25) is 0 Å². The van der Waals surface area contributed by atoms with Crippen molar-refractivity contribution in [3.63, 3.8) is 0 Å². The van der Waals surface area contributed by atoms with E-state index >= 15 is 0 Å². The minimum Gasteiger partial charge on any atom is -0.497 e. The van der Waals surface area contributed by atoms with Crippen molar-refractivity contribution in [2.45, 2.75) is 37.5 Å². The molecule has 0 unspecified atom stereocenters. The van der Waals surface area contributed by atoms with Crippen LogP contribution in [0.5, 0.6) is 5.75 Å². The lowest BCUT2D eigenvalue weighted by Crippen LogP contribution is -2.36. The molecule has 5 heteroatoms. The zero-order valence-corrected chi connectivity index (χ0v) is 15.4. The lowest BCUT2D eigenvalue weighted by Gasteiger charge is -2.26. The molecule has 26 heavy (non-hydrogen) atoms. The van der Waals surface area contributed by atoms with Crippen LogP contribution in [0.2, 0.25) is 5.02 Å². The van der Waals surface area contributed by atoms with E-state index in [-0.39, 0.29) is 6.42 Å². The van der Waals surface area contributed by atoms with E-state index in [2.05, 4.69) is 0 Å². The summed E-state index contributed by atoms with van der Waals surface area (Å²) < 4.78 is 10.3. The second-order valence-corrected chi connectivity index (χ2v) is 7.02. The van der Waals surface area contributed by atoms with Gasteiger partial charge in [0.1, 0.15) is 5.75 Å². The molecular weight excluding hydrogens is 352 g/mol. The van der Waals surface area contributed by atoms with E-state index in [1.165, 1.54) is 0 Å². The van der Waals surface area contributed by atoms with Crippen LogP contribution in [-0.2, 0) is 26.2 Å². The second-order valence-electron chi connectivity index (χ2n) is 6.58. The summed E-state index contributed by atoms with van der Waals surface area (Å²) in [6, 6.07) is 14.4. The van der Waals surface area contributed by atoms with Crippen LogP contribution in [-0.4, -0.2) is 19.0 Å². The Morgan fingerprint density at radius 1 is 1.00 bits per heavy atom. The van der Waals surface area contributed by atoms with E-state index in [4.69, 9.17) is 21.1 Å². The summed E-state index contributed by atoms with van der Waals surface area (Å²) in [6.45, 7) is 0. The fourth-order valence-corrected chi connectivity index (χ4v) is 3.63. The summed E-state index contributed by atoms with van der Waals surface area (Å²) in [4.78, 5) is 25.1. The van der Waals surface area contributed by atoms with Crippen LogP contribution >= 0.6 is 11.6 Å². The number of ether oxygens (including phenoxy) is 2. The minimum absolute atomic E-state index is 0.0480. The van der Waals surface area contributed by atoms with E-state index in [9.17, 15) is 9.59 Å². The summed E-state index contributed by atoms with van der Waals surface area (Å²) >= 11 is 5.96. The van der Waals surface area contributed by atoms with E-state index < -0.39 is 17.4 Å². The highest BCUT2D eigenvalue weighted by Gasteiger charge is 2.45. The van der Waals surface area contributed by atoms with Gasteiger partial charge >= 0.3 is 11.9 Å². The van der Waals surface area contributed by atoms with Crippen LogP contribution in [0, 0.1) is 0 Å². The van der Waals surface area contributed by atoms with Gasteiger partial charge in [-0.1, -0.05) is 48.7 Å². The molecule has 4 nitrogen and oxygen atoms in total. The van der Waals surface area contributed by atoms with Crippen molar-refractivity contribution in [1.29, 1.82) is 0 Å². The predicted molar refractivity (Wildman–Crippen MR) is 99.4 cm³/mol. The Labute approximate surface area is 158 Å². The maximum atomic E-state index is 12.9. The van der Waals surface area contributed by atoms with Gasteiger partial charge in [-0.05, 0) is 48.2 Å². The number of esters is 2. The van der Waals surface area contributed by atoms with Crippen molar-refractivity contribution in [2.24, 2.45) is 0 Å². The van der Waals surface area contributed by atoms with Crippen LogP contribution in [0.25, 0.3) is 0 Å². The third-order valence-corrected chi connectivity index (χ3v) is 5.21. The van der Waals surface area contributed by atoms with E-state index in [1.54, 1.807) is 43.5 Å². The Balaban J connectivity index is 1.71. The second kappa shape index (κ2) is 7.92. The van der Waals surface area contributed by atoms with Gasteiger partial charge in [-0.15, -0.1) is 0 Å². The van der Waals surface area contributed by atoms with Crippen molar-refractivity contribution in [3.05, 3.63) is 64.7 Å². The maximum absolute atomic E-state index is 12.9. The fourth-order valence-electron chi connectivity index (χ4n) is 3.51. The number of hydrogen-bond donors (Lipinski definition) is 0. The number of rotatable bonds is 5. The van der Waals surface area contributed by atoms with Crippen molar-refractivity contribution in [2.75, 3.05) is 7.11 Å². The molecule has 1 aliphatic carbocycles. The smallest absolute Gasteiger partial charge is 0.324 e. The molecule has 2 aromatic rings. The van der Waals surface area contributed by atoms with Gasteiger partial charge in [-0.3, -0.25) is 9.59 Å². The number of halogens is 1. The zero-order valence-electron chi connectivity index (χ0n) is 14.7. The summed E-state index contributed by atoms with van der Waals surface area (Å²) in [5, 5.41) is 0.617. The highest BCUT2D eigenvalue weighted by Crippen LogP contribution is 2.42. The predicted octanol–water partition coefficient (Wildman–Crippen LogP) is 4.47. The SMILES string of the molecule is COc1ccc(CC(=O)OC(=O)C2(c3ccc(Cl)cc3)CCCC2)cc1. The molecular formula is C21H21ClO4. The van der Waals surface area contributed by atoms with Crippen LogP contribution < -0.4 is 4.74 Å². The van der Waals surface area contributed by atoms with Crippen molar-refractivity contribution in [1.82, 2.24) is 0 Å². The molecule has 0 amide bonds. The number of carbonyl (C=O) groups is 2. The first kappa shape index (κ1) is 18.5. The Hall–Kier alpha value is -2.33. The van der Waals surface area contributed by atoms with Gasteiger partial charge in [0.15, 0.2) is 0 Å². The lowest BCUT2D eigenvalue weighted by atomic mass is 9.79. The molecule has 0 aromatic heterocycles. The van der Waals surface area contributed by atoms with Gasteiger partial charge in [-0.25, -0.2) is 0 Å². The molecule has 3 rings (SSSR count). The average Bonchev–Trinajstić information content (AvgIpc) is 3.14. The number of hydrogen-bond acceptors (Lipinski definition) is 4. The Morgan fingerprint density at radius 2 is 1.62 bits per heavy atom. The van der Waals surface area contributed by atoms with Crippen LogP contribution in [0.4, 0.5) is 0 Å². The largest absolute Gasteiger partial charge is 0.497 e. The number of methoxy groups -OCH3 is 1. The van der Waals surface area contributed by atoms with Gasteiger partial charge in [0, 0.05) is 5.02 Å². The van der Waals surface area contributed by atoms with Gasteiger partial charge < -0.3 is 9.47 Å². The summed E-state index contributed by atoms with van der Waals surface area (Å²) in [6.07, 6.45) is 3.29. The first-order valence-electron chi connectivity index (χ1n) is 8.67. The molecule has 0 saturated heterocycles. The van der Waals surface area contributed by atoms with Gasteiger partial charge in [0.05, 0.1) is 18.9 Å². The Morgan fingerprint density at radius 3 is 2.19 bits per heavy atom. The molecule has 1 fully saturated rings. The van der Waals surface area contributed by atoms with Crippen LogP contribution in [0.1, 0.15) is 36.8 Å². The van der Waals surface area contributed by atoms with Crippen molar-refractivity contribution in [3.8, 4) is 5.75 Å². The third kappa shape index (κ3) is 3.91. The molecule has 1 aliphatic rings. The molecule has 0 radical (unpaired) electrons. The number of benzene rings is 2. The molecule has 0 spiro atoms. The highest BCUT2D eigenvalue weighted by molar-refractivity contribution is 6.30. The quantitative estimate of drug-likeness (QED) is 0.574. The van der Waals surface area contributed by atoms with Gasteiger partial charge in [0.25, 0.3) is 0 Å². The lowest BCUT2D eigenvalue weighted by molar-refractivity contribution is -0.163. The molecule has 0 aliphatic heterocycles. The van der Waals surface area contributed by atoms with Crippen LogP contribution in [0.3, 0.4) is 0 Å². The first-order chi connectivity index (χ1) is 12.5. The molecule has 0 N–H and O–H groups in total.